The smallest absolute Gasteiger partial charge is 0.255 e. The lowest BCUT2D eigenvalue weighted by molar-refractivity contribution is 0.102. The fourth-order valence-electron chi connectivity index (χ4n) is 3.21. The molecule has 0 spiro atoms. The molecule has 4 rings (SSSR count). The summed E-state index contributed by atoms with van der Waals surface area (Å²) >= 11 is 0. The number of rotatable bonds is 3. The third-order valence-corrected chi connectivity index (χ3v) is 4.57. The van der Waals surface area contributed by atoms with Gasteiger partial charge in [-0.2, -0.15) is 0 Å². The van der Waals surface area contributed by atoms with E-state index in [-0.39, 0.29) is 5.91 Å². The summed E-state index contributed by atoms with van der Waals surface area (Å²) in [6.45, 7) is 6.13. The van der Waals surface area contributed by atoms with Crippen molar-refractivity contribution in [2.24, 2.45) is 0 Å². The van der Waals surface area contributed by atoms with Crippen LogP contribution in [0.3, 0.4) is 0 Å². The van der Waals surface area contributed by atoms with Gasteiger partial charge in [0.25, 0.3) is 5.91 Å². The standard InChI is InChI=1S/C19H20N4O/c1-2-22-10-11-23-17-9-8-15(12-16(17)21-18(23)13-22)20-19(24)14-6-4-3-5-7-14/h3-9,12H,2,10-11,13H2,1H3,(H,20,24). The van der Waals surface area contributed by atoms with Crippen LogP contribution in [0.4, 0.5) is 5.69 Å². The first-order chi connectivity index (χ1) is 11.7. The van der Waals surface area contributed by atoms with Crippen LogP contribution in [-0.4, -0.2) is 33.4 Å². The molecule has 0 radical (unpaired) electrons. The molecule has 1 aromatic heterocycles. The Hall–Kier alpha value is -2.66. The molecule has 122 valence electrons. The first-order valence-corrected chi connectivity index (χ1v) is 8.32. The molecule has 1 N–H and O–H groups in total. The van der Waals surface area contributed by atoms with E-state index in [1.807, 2.05) is 48.5 Å². The highest BCUT2D eigenvalue weighted by molar-refractivity contribution is 6.04. The molecule has 5 nitrogen and oxygen atoms in total. The first kappa shape index (κ1) is 14.9. The van der Waals surface area contributed by atoms with Crippen LogP contribution >= 0.6 is 0 Å². The van der Waals surface area contributed by atoms with Gasteiger partial charge in [-0.3, -0.25) is 9.69 Å². The number of nitrogens with zero attached hydrogens (tertiary/aromatic N) is 3. The molecule has 3 aromatic rings. The monoisotopic (exact) mass is 320 g/mol. The van der Waals surface area contributed by atoms with E-state index in [0.717, 1.165) is 48.7 Å². The van der Waals surface area contributed by atoms with Crippen LogP contribution in [0.1, 0.15) is 23.1 Å². The van der Waals surface area contributed by atoms with Crippen LogP contribution in [-0.2, 0) is 13.1 Å². The summed E-state index contributed by atoms with van der Waals surface area (Å²) in [7, 11) is 0. The number of carbonyl (C=O) groups excluding carboxylic acids is 1. The van der Waals surface area contributed by atoms with E-state index in [9.17, 15) is 4.79 Å². The van der Waals surface area contributed by atoms with Crippen LogP contribution in [0.5, 0.6) is 0 Å². The maximum absolute atomic E-state index is 12.3. The fraction of sp³-hybridized carbons (Fsp3) is 0.263. The number of nitrogens with one attached hydrogen (secondary N) is 1. The lowest BCUT2D eigenvalue weighted by Gasteiger charge is -2.26. The minimum atomic E-state index is -0.101. The molecule has 1 aliphatic heterocycles. The zero-order chi connectivity index (χ0) is 16.5. The van der Waals surface area contributed by atoms with E-state index < -0.39 is 0 Å². The molecule has 2 aromatic carbocycles. The van der Waals surface area contributed by atoms with Gasteiger partial charge in [0.2, 0.25) is 0 Å². The van der Waals surface area contributed by atoms with Gasteiger partial charge in [0.15, 0.2) is 0 Å². The zero-order valence-electron chi connectivity index (χ0n) is 13.7. The Morgan fingerprint density at radius 3 is 2.79 bits per heavy atom. The average Bonchev–Trinajstić information content (AvgIpc) is 2.99. The van der Waals surface area contributed by atoms with Gasteiger partial charge >= 0.3 is 0 Å². The number of anilines is 1. The van der Waals surface area contributed by atoms with Crippen molar-refractivity contribution in [2.45, 2.75) is 20.0 Å². The Labute approximate surface area is 140 Å². The summed E-state index contributed by atoms with van der Waals surface area (Å²) in [4.78, 5) is 19.4. The molecule has 0 fully saturated rings. The van der Waals surface area contributed by atoms with Crippen molar-refractivity contribution in [3.05, 3.63) is 59.9 Å². The van der Waals surface area contributed by atoms with Crippen molar-refractivity contribution in [3.8, 4) is 0 Å². The molecule has 0 aliphatic carbocycles. The number of benzene rings is 2. The SMILES string of the molecule is CCN1CCn2c(nc3cc(NC(=O)c4ccccc4)ccc32)C1. The Bertz CT molecular complexity index is 885. The summed E-state index contributed by atoms with van der Waals surface area (Å²) in [5, 5.41) is 2.95. The quantitative estimate of drug-likeness (QED) is 0.806. The zero-order valence-corrected chi connectivity index (χ0v) is 13.7. The first-order valence-electron chi connectivity index (χ1n) is 8.32. The van der Waals surface area contributed by atoms with E-state index in [0.29, 0.717) is 5.56 Å². The molecule has 0 bridgehead atoms. The Balaban J connectivity index is 1.61. The van der Waals surface area contributed by atoms with Crippen molar-refractivity contribution in [1.29, 1.82) is 0 Å². The molecule has 0 atom stereocenters. The van der Waals surface area contributed by atoms with Gasteiger partial charge in [0.1, 0.15) is 5.82 Å². The number of carbonyl (C=O) groups is 1. The largest absolute Gasteiger partial charge is 0.326 e. The third kappa shape index (κ3) is 2.67. The molecular formula is C19H20N4O. The number of aromatic nitrogens is 2. The Morgan fingerprint density at radius 2 is 2.00 bits per heavy atom. The van der Waals surface area contributed by atoms with E-state index in [4.69, 9.17) is 4.98 Å². The lowest BCUT2D eigenvalue weighted by atomic mass is 10.2. The topological polar surface area (TPSA) is 50.2 Å². The fourth-order valence-corrected chi connectivity index (χ4v) is 3.21. The summed E-state index contributed by atoms with van der Waals surface area (Å²) in [6, 6.07) is 15.2. The molecule has 2 heterocycles. The molecule has 5 heteroatoms. The lowest BCUT2D eigenvalue weighted by Crippen LogP contribution is -2.33. The molecule has 0 saturated carbocycles. The number of amides is 1. The molecule has 24 heavy (non-hydrogen) atoms. The minimum Gasteiger partial charge on any atom is -0.326 e. The van der Waals surface area contributed by atoms with Gasteiger partial charge in [0.05, 0.1) is 17.6 Å². The summed E-state index contributed by atoms with van der Waals surface area (Å²) in [5.41, 5.74) is 3.51. The number of likely N-dealkylation sites (N-methyl/N-ethyl adjacent to an activating group) is 1. The number of hydrogen-bond acceptors (Lipinski definition) is 3. The summed E-state index contributed by atoms with van der Waals surface area (Å²) < 4.78 is 2.28. The number of imidazole rings is 1. The average molecular weight is 320 g/mol. The number of hydrogen-bond donors (Lipinski definition) is 1. The Morgan fingerprint density at radius 1 is 1.17 bits per heavy atom. The van der Waals surface area contributed by atoms with E-state index in [1.54, 1.807) is 0 Å². The summed E-state index contributed by atoms with van der Waals surface area (Å²) in [5.74, 6) is 1.00. The molecule has 0 saturated heterocycles. The molecular weight excluding hydrogens is 300 g/mol. The second-order valence-electron chi connectivity index (χ2n) is 6.07. The van der Waals surface area contributed by atoms with Gasteiger partial charge in [-0.15, -0.1) is 0 Å². The van der Waals surface area contributed by atoms with Crippen LogP contribution in [0.25, 0.3) is 11.0 Å². The third-order valence-electron chi connectivity index (χ3n) is 4.57. The maximum atomic E-state index is 12.3. The van der Waals surface area contributed by atoms with Crippen molar-refractivity contribution >= 4 is 22.6 Å². The van der Waals surface area contributed by atoms with Crippen molar-refractivity contribution < 1.29 is 4.79 Å². The highest BCUT2D eigenvalue weighted by Gasteiger charge is 2.19. The minimum absolute atomic E-state index is 0.101. The number of fused-ring (bicyclic) bond motifs is 3. The van der Waals surface area contributed by atoms with Crippen molar-refractivity contribution in [1.82, 2.24) is 14.5 Å². The van der Waals surface area contributed by atoms with Crippen LogP contribution in [0, 0.1) is 0 Å². The highest BCUT2D eigenvalue weighted by atomic mass is 16.1. The van der Waals surface area contributed by atoms with E-state index in [2.05, 4.69) is 21.7 Å². The Kier molecular flexibility index (Phi) is 3.78. The van der Waals surface area contributed by atoms with Gasteiger partial charge in [-0.25, -0.2) is 4.98 Å². The predicted molar refractivity (Wildman–Crippen MR) is 95.1 cm³/mol. The van der Waals surface area contributed by atoms with Gasteiger partial charge < -0.3 is 9.88 Å². The van der Waals surface area contributed by atoms with Crippen LogP contribution < -0.4 is 5.32 Å². The maximum Gasteiger partial charge on any atom is 0.255 e. The molecule has 0 unspecified atom stereocenters. The predicted octanol–water partition coefficient (Wildman–Crippen LogP) is 3.12. The van der Waals surface area contributed by atoms with Crippen LogP contribution in [0.15, 0.2) is 48.5 Å². The van der Waals surface area contributed by atoms with Gasteiger partial charge in [0, 0.05) is 24.3 Å². The normalized spacial score (nSPS) is 14.5. The van der Waals surface area contributed by atoms with Crippen molar-refractivity contribution in [2.75, 3.05) is 18.4 Å². The van der Waals surface area contributed by atoms with Gasteiger partial charge in [-0.1, -0.05) is 25.1 Å². The van der Waals surface area contributed by atoms with Crippen molar-refractivity contribution in [3.63, 3.8) is 0 Å². The highest BCUT2D eigenvalue weighted by Crippen LogP contribution is 2.24. The van der Waals surface area contributed by atoms with E-state index >= 15 is 0 Å². The second kappa shape index (κ2) is 6.09. The molecule has 1 aliphatic rings. The van der Waals surface area contributed by atoms with Crippen LogP contribution in [0.2, 0.25) is 0 Å². The summed E-state index contributed by atoms with van der Waals surface area (Å²) in [6.07, 6.45) is 0. The van der Waals surface area contributed by atoms with Gasteiger partial charge in [-0.05, 0) is 36.9 Å². The molecule has 1 amide bonds. The van der Waals surface area contributed by atoms with E-state index in [1.165, 1.54) is 0 Å². The second-order valence-corrected chi connectivity index (χ2v) is 6.07.